The maximum Gasteiger partial charge on any atom is 0.254 e. The van der Waals surface area contributed by atoms with Crippen molar-refractivity contribution in [2.75, 3.05) is 0 Å². The van der Waals surface area contributed by atoms with E-state index in [1.165, 1.54) is 0 Å². The van der Waals surface area contributed by atoms with Crippen LogP contribution in [0.15, 0.2) is 55.4 Å². The fourth-order valence-corrected chi connectivity index (χ4v) is 3.58. The third kappa shape index (κ3) is 3.07. The van der Waals surface area contributed by atoms with Crippen LogP contribution in [0.25, 0.3) is 5.69 Å². The summed E-state index contributed by atoms with van der Waals surface area (Å²) in [5.41, 5.74) is 2.69. The molecule has 0 saturated heterocycles. The van der Waals surface area contributed by atoms with E-state index in [1.54, 1.807) is 23.3 Å². The number of carbonyl (C=O) groups is 1. The van der Waals surface area contributed by atoms with Crippen molar-refractivity contribution in [2.24, 2.45) is 0 Å². The van der Waals surface area contributed by atoms with Crippen LogP contribution in [-0.4, -0.2) is 31.3 Å². The van der Waals surface area contributed by atoms with Crippen molar-refractivity contribution < 1.29 is 4.79 Å². The number of aromatic nitrogens is 4. The maximum absolute atomic E-state index is 12.7. The summed E-state index contributed by atoms with van der Waals surface area (Å²) in [5.74, 6) is -0.0724. The van der Waals surface area contributed by atoms with Crippen LogP contribution in [0.1, 0.15) is 41.2 Å². The largest absolute Gasteiger partial charge is 0.347 e. The Morgan fingerprint density at radius 3 is 2.96 bits per heavy atom. The second-order valence-corrected chi connectivity index (χ2v) is 6.55. The average molecular weight is 335 g/mol. The molecule has 2 atom stereocenters. The summed E-state index contributed by atoms with van der Waals surface area (Å²) in [5, 5.41) is 7.52. The fraction of sp³-hybridized carbons (Fsp3) is 0.316. The van der Waals surface area contributed by atoms with Crippen molar-refractivity contribution in [1.29, 1.82) is 0 Å². The van der Waals surface area contributed by atoms with E-state index in [0.29, 0.717) is 5.56 Å². The highest BCUT2D eigenvalue weighted by atomic mass is 16.1. The second-order valence-electron chi connectivity index (χ2n) is 6.55. The van der Waals surface area contributed by atoms with Crippen molar-refractivity contribution in [3.8, 4) is 5.69 Å². The Labute approximate surface area is 146 Å². The number of hydrogen-bond donors (Lipinski definition) is 1. The first-order valence-corrected chi connectivity index (χ1v) is 8.61. The van der Waals surface area contributed by atoms with Gasteiger partial charge in [-0.2, -0.15) is 5.10 Å². The van der Waals surface area contributed by atoms with Crippen LogP contribution in [0.5, 0.6) is 0 Å². The third-order valence-electron chi connectivity index (χ3n) is 4.91. The highest BCUT2D eigenvalue weighted by Gasteiger charge is 2.30. The number of imidazole rings is 1. The van der Waals surface area contributed by atoms with Gasteiger partial charge in [0.05, 0.1) is 29.8 Å². The van der Waals surface area contributed by atoms with Gasteiger partial charge in [0.25, 0.3) is 5.91 Å². The molecule has 6 heteroatoms. The molecule has 1 fully saturated rings. The molecule has 4 rings (SSSR count). The van der Waals surface area contributed by atoms with E-state index in [4.69, 9.17) is 0 Å². The Balaban J connectivity index is 1.49. The Bertz CT molecular complexity index is 868. The number of aryl methyl sites for hydroxylation is 1. The van der Waals surface area contributed by atoms with Gasteiger partial charge in [-0.25, -0.2) is 9.67 Å². The molecule has 2 aromatic heterocycles. The maximum atomic E-state index is 12.7. The lowest BCUT2D eigenvalue weighted by molar-refractivity contribution is 0.0929. The van der Waals surface area contributed by atoms with Crippen LogP contribution >= 0.6 is 0 Å². The quantitative estimate of drug-likeness (QED) is 0.797. The van der Waals surface area contributed by atoms with Gasteiger partial charge in [-0.05, 0) is 37.8 Å². The predicted molar refractivity (Wildman–Crippen MR) is 94.7 cm³/mol. The van der Waals surface area contributed by atoms with Gasteiger partial charge in [0.2, 0.25) is 0 Å². The summed E-state index contributed by atoms with van der Waals surface area (Å²) in [6, 6.07) is 8.40. The van der Waals surface area contributed by atoms with Crippen LogP contribution in [0.2, 0.25) is 0 Å². The van der Waals surface area contributed by atoms with Gasteiger partial charge >= 0.3 is 0 Å². The van der Waals surface area contributed by atoms with Gasteiger partial charge in [-0.3, -0.25) is 4.79 Å². The van der Waals surface area contributed by atoms with Gasteiger partial charge < -0.3 is 9.88 Å². The molecule has 2 heterocycles. The number of benzene rings is 1. The fourth-order valence-electron chi connectivity index (χ4n) is 3.58. The molecule has 6 nitrogen and oxygen atoms in total. The summed E-state index contributed by atoms with van der Waals surface area (Å²) in [4.78, 5) is 16.8. The lowest BCUT2D eigenvalue weighted by atomic mass is 10.1. The summed E-state index contributed by atoms with van der Waals surface area (Å²) < 4.78 is 3.85. The summed E-state index contributed by atoms with van der Waals surface area (Å²) in [6.07, 6.45) is 12.1. The standard InChI is InChI=1S/C19H21N5O/c1-14-5-2-3-7-17(14)24-12-15(11-21-24)19(25)22-16-6-4-8-18(16)23-10-9-20-13-23/h2-3,5,7,9-13,16,18H,4,6,8H2,1H3,(H,22,25)/t16-,18-/m1/s1. The van der Waals surface area contributed by atoms with Crippen LogP contribution in [0.4, 0.5) is 0 Å². The third-order valence-corrected chi connectivity index (χ3v) is 4.91. The van der Waals surface area contributed by atoms with Crippen molar-refractivity contribution in [1.82, 2.24) is 24.6 Å². The Hall–Kier alpha value is -2.89. The first kappa shape index (κ1) is 15.6. The van der Waals surface area contributed by atoms with Gasteiger partial charge in [-0.15, -0.1) is 0 Å². The molecule has 25 heavy (non-hydrogen) atoms. The number of carbonyl (C=O) groups excluding carboxylic acids is 1. The molecule has 1 amide bonds. The highest BCUT2D eigenvalue weighted by molar-refractivity contribution is 5.94. The minimum Gasteiger partial charge on any atom is -0.347 e. The normalized spacial score (nSPS) is 19.9. The van der Waals surface area contributed by atoms with E-state index < -0.39 is 0 Å². The minimum absolute atomic E-state index is 0.0724. The number of para-hydroxylation sites is 1. The van der Waals surface area contributed by atoms with E-state index in [1.807, 2.05) is 43.7 Å². The molecular formula is C19H21N5O. The summed E-state index contributed by atoms with van der Waals surface area (Å²) in [7, 11) is 0. The van der Waals surface area contributed by atoms with Crippen molar-refractivity contribution in [2.45, 2.75) is 38.3 Å². The van der Waals surface area contributed by atoms with Gasteiger partial charge in [0.1, 0.15) is 0 Å². The van der Waals surface area contributed by atoms with Gasteiger partial charge in [-0.1, -0.05) is 18.2 Å². The number of nitrogens with zero attached hydrogens (tertiary/aromatic N) is 4. The Morgan fingerprint density at radius 1 is 1.28 bits per heavy atom. The number of amides is 1. The predicted octanol–water partition coefficient (Wildman–Crippen LogP) is 2.90. The second kappa shape index (κ2) is 6.55. The van der Waals surface area contributed by atoms with E-state index in [2.05, 4.69) is 20.0 Å². The molecule has 1 aliphatic rings. The van der Waals surface area contributed by atoms with E-state index in [0.717, 1.165) is 30.5 Å². The molecule has 0 aliphatic heterocycles. The molecule has 1 aromatic carbocycles. The molecule has 1 saturated carbocycles. The molecule has 3 aromatic rings. The lowest BCUT2D eigenvalue weighted by Gasteiger charge is -2.21. The number of nitrogens with one attached hydrogen (secondary N) is 1. The first-order chi connectivity index (χ1) is 12.2. The zero-order valence-electron chi connectivity index (χ0n) is 14.2. The van der Waals surface area contributed by atoms with Gasteiger partial charge in [0.15, 0.2) is 0 Å². The molecule has 0 bridgehead atoms. The number of hydrogen-bond acceptors (Lipinski definition) is 3. The van der Waals surface area contributed by atoms with Crippen molar-refractivity contribution >= 4 is 5.91 Å². The van der Waals surface area contributed by atoms with E-state index in [9.17, 15) is 4.79 Å². The topological polar surface area (TPSA) is 64.7 Å². The lowest BCUT2D eigenvalue weighted by Crippen LogP contribution is -2.38. The number of rotatable bonds is 4. The van der Waals surface area contributed by atoms with Crippen LogP contribution < -0.4 is 5.32 Å². The van der Waals surface area contributed by atoms with Gasteiger partial charge in [0, 0.05) is 24.6 Å². The monoisotopic (exact) mass is 335 g/mol. The zero-order valence-corrected chi connectivity index (χ0v) is 14.2. The molecule has 1 aliphatic carbocycles. The smallest absolute Gasteiger partial charge is 0.254 e. The van der Waals surface area contributed by atoms with Crippen LogP contribution in [-0.2, 0) is 0 Å². The van der Waals surface area contributed by atoms with Crippen molar-refractivity contribution in [3.63, 3.8) is 0 Å². The van der Waals surface area contributed by atoms with E-state index >= 15 is 0 Å². The molecule has 128 valence electrons. The van der Waals surface area contributed by atoms with Crippen LogP contribution in [0.3, 0.4) is 0 Å². The zero-order chi connectivity index (χ0) is 17.2. The molecule has 0 radical (unpaired) electrons. The molecule has 0 unspecified atom stereocenters. The molecular weight excluding hydrogens is 314 g/mol. The first-order valence-electron chi connectivity index (χ1n) is 8.61. The molecule has 1 N–H and O–H groups in total. The highest BCUT2D eigenvalue weighted by Crippen LogP contribution is 2.30. The van der Waals surface area contributed by atoms with Crippen molar-refractivity contribution in [3.05, 3.63) is 66.5 Å². The van der Waals surface area contributed by atoms with Crippen LogP contribution in [0, 0.1) is 6.92 Å². The SMILES string of the molecule is Cc1ccccc1-n1cc(C(=O)N[C@@H]2CCC[C@H]2n2ccnc2)cn1. The molecule has 0 spiro atoms. The Morgan fingerprint density at radius 2 is 2.16 bits per heavy atom. The summed E-state index contributed by atoms with van der Waals surface area (Å²) >= 11 is 0. The minimum atomic E-state index is -0.0724. The Kier molecular flexibility index (Phi) is 4.09. The summed E-state index contributed by atoms with van der Waals surface area (Å²) in [6.45, 7) is 2.03. The average Bonchev–Trinajstić information content (AvgIpc) is 3.36. The van der Waals surface area contributed by atoms with E-state index in [-0.39, 0.29) is 18.0 Å².